The fourth-order valence-electron chi connectivity index (χ4n) is 2.60. The third kappa shape index (κ3) is 3.08. The average Bonchev–Trinajstić information content (AvgIpc) is 2.97. The quantitative estimate of drug-likeness (QED) is 0.798. The molecule has 5 heteroatoms. The van der Waals surface area contributed by atoms with Crippen LogP contribution in [0.3, 0.4) is 0 Å². The highest BCUT2D eigenvalue weighted by Gasteiger charge is 2.25. The van der Waals surface area contributed by atoms with Gasteiger partial charge in [-0.25, -0.2) is 0 Å². The van der Waals surface area contributed by atoms with Crippen molar-refractivity contribution < 1.29 is 9.32 Å². The lowest BCUT2D eigenvalue weighted by molar-refractivity contribution is 0.0915. The number of fused-ring (bicyclic) bond motifs is 1. The minimum absolute atomic E-state index is 0.133. The van der Waals surface area contributed by atoms with Gasteiger partial charge in [0.1, 0.15) is 6.04 Å². The standard InChI is InChI=1S/C18H19N3O2/c1-11(2)16(18-19-12(3)21-23-18)20-17(22)15-10-6-8-13-7-4-5-9-14(13)15/h4-11,16H,1-3H3,(H,20,22)/t16-/m0/s1. The zero-order valence-electron chi connectivity index (χ0n) is 13.4. The Hall–Kier alpha value is -2.69. The minimum atomic E-state index is -0.317. The van der Waals surface area contributed by atoms with Crippen LogP contribution in [-0.2, 0) is 0 Å². The van der Waals surface area contributed by atoms with E-state index in [4.69, 9.17) is 4.52 Å². The molecule has 0 saturated carbocycles. The summed E-state index contributed by atoms with van der Waals surface area (Å²) in [6.45, 7) is 5.78. The molecular formula is C18H19N3O2. The van der Waals surface area contributed by atoms with E-state index < -0.39 is 0 Å². The van der Waals surface area contributed by atoms with Gasteiger partial charge >= 0.3 is 0 Å². The largest absolute Gasteiger partial charge is 0.340 e. The van der Waals surface area contributed by atoms with Gasteiger partial charge in [-0.3, -0.25) is 4.79 Å². The highest BCUT2D eigenvalue weighted by molar-refractivity contribution is 6.07. The third-order valence-electron chi connectivity index (χ3n) is 3.80. The molecule has 5 nitrogen and oxygen atoms in total. The maximum atomic E-state index is 12.8. The number of rotatable bonds is 4. The predicted octanol–water partition coefficient (Wildman–Crippen LogP) is 3.66. The fraction of sp³-hybridized carbons (Fsp3) is 0.278. The van der Waals surface area contributed by atoms with E-state index in [1.54, 1.807) is 6.92 Å². The summed E-state index contributed by atoms with van der Waals surface area (Å²) in [5.41, 5.74) is 0.644. The van der Waals surface area contributed by atoms with Crippen molar-refractivity contribution in [1.82, 2.24) is 15.5 Å². The van der Waals surface area contributed by atoms with Crippen LogP contribution in [0.15, 0.2) is 47.0 Å². The number of hydrogen-bond acceptors (Lipinski definition) is 4. The molecule has 0 bridgehead atoms. The van der Waals surface area contributed by atoms with Crippen LogP contribution in [0.2, 0.25) is 0 Å². The van der Waals surface area contributed by atoms with E-state index in [-0.39, 0.29) is 17.9 Å². The maximum absolute atomic E-state index is 12.8. The molecule has 0 radical (unpaired) electrons. The molecule has 1 heterocycles. The molecule has 0 spiro atoms. The summed E-state index contributed by atoms with van der Waals surface area (Å²) in [6, 6.07) is 13.2. The Morgan fingerprint density at radius 1 is 1.13 bits per heavy atom. The van der Waals surface area contributed by atoms with Gasteiger partial charge in [0.15, 0.2) is 5.82 Å². The number of hydrogen-bond donors (Lipinski definition) is 1. The topological polar surface area (TPSA) is 68.0 Å². The Balaban J connectivity index is 1.92. The van der Waals surface area contributed by atoms with E-state index >= 15 is 0 Å². The monoisotopic (exact) mass is 309 g/mol. The summed E-state index contributed by atoms with van der Waals surface area (Å²) in [5.74, 6) is 0.987. The van der Waals surface area contributed by atoms with Crippen molar-refractivity contribution in [2.75, 3.05) is 0 Å². The van der Waals surface area contributed by atoms with Crippen molar-refractivity contribution in [2.24, 2.45) is 5.92 Å². The summed E-state index contributed by atoms with van der Waals surface area (Å²) in [7, 11) is 0. The van der Waals surface area contributed by atoms with Crippen LogP contribution in [-0.4, -0.2) is 16.0 Å². The summed E-state index contributed by atoms with van der Waals surface area (Å²) in [5, 5.41) is 8.80. The fourth-order valence-corrected chi connectivity index (χ4v) is 2.60. The Morgan fingerprint density at radius 2 is 1.87 bits per heavy atom. The Morgan fingerprint density at radius 3 is 2.57 bits per heavy atom. The van der Waals surface area contributed by atoms with Gasteiger partial charge in [-0.05, 0) is 29.7 Å². The second-order valence-corrected chi connectivity index (χ2v) is 5.90. The summed E-state index contributed by atoms with van der Waals surface area (Å²) in [6.07, 6.45) is 0. The Labute approximate surface area is 134 Å². The zero-order chi connectivity index (χ0) is 16.4. The number of aryl methyl sites for hydroxylation is 1. The van der Waals surface area contributed by atoms with E-state index in [0.717, 1.165) is 10.8 Å². The van der Waals surface area contributed by atoms with Gasteiger partial charge in [0.2, 0.25) is 5.89 Å². The molecule has 2 aromatic carbocycles. The molecule has 1 atom stereocenters. The third-order valence-corrected chi connectivity index (χ3v) is 3.80. The molecular weight excluding hydrogens is 290 g/mol. The van der Waals surface area contributed by atoms with E-state index in [2.05, 4.69) is 15.5 Å². The second kappa shape index (κ2) is 6.20. The smallest absolute Gasteiger partial charge is 0.252 e. The molecule has 1 amide bonds. The van der Waals surface area contributed by atoms with Crippen LogP contribution >= 0.6 is 0 Å². The van der Waals surface area contributed by atoms with Crippen molar-refractivity contribution >= 4 is 16.7 Å². The van der Waals surface area contributed by atoms with E-state index in [1.165, 1.54) is 0 Å². The predicted molar refractivity (Wildman–Crippen MR) is 88.0 cm³/mol. The molecule has 23 heavy (non-hydrogen) atoms. The van der Waals surface area contributed by atoms with Gasteiger partial charge < -0.3 is 9.84 Å². The highest BCUT2D eigenvalue weighted by atomic mass is 16.5. The van der Waals surface area contributed by atoms with Crippen LogP contribution in [0.5, 0.6) is 0 Å². The molecule has 0 saturated heterocycles. The number of aromatic nitrogens is 2. The van der Waals surface area contributed by atoms with Gasteiger partial charge in [-0.15, -0.1) is 0 Å². The molecule has 118 valence electrons. The molecule has 0 aliphatic heterocycles. The first-order valence-electron chi connectivity index (χ1n) is 7.65. The molecule has 0 fully saturated rings. The summed E-state index contributed by atoms with van der Waals surface area (Å²) in [4.78, 5) is 17.0. The maximum Gasteiger partial charge on any atom is 0.252 e. The van der Waals surface area contributed by atoms with E-state index in [9.17, 15) is 4.79 Å². The second-order valence-electron chi connectivity index (χ2n) is 5.90. The SMILES string of the molecule is Cc1noc([C@@H](NC(=O)c2cccc3ccccc23)C(C)C)n1. The first-order chi connectivity index (χ1) is 11.1. The van der Waals surface area contributed by atoms with E-state index in [1.807, 2.05) is 56.3 Å². The van der Waals surface area contributed by atoms with Crippen molar-refractivity contribution in [3.63, 3.8) is 0 Å². The summed E-state index contributed by atoms with van der Waals surface area (Å²) < 4.78 is 5.24. The first-order valence-corrected chi connectivity index (χ1v) is 7.65. The summed E-state index contributed by atoms with van der Waals surface area (Å²) >= 11 is 0. The van der Waals surface area contributed by atoms with Crippen LogP contribution in [0, 0.1) is 12.8 Å². The number of amides is 1. The molecule has 1 aromatic heterocycles. The average molecular weight is 309 g/mol. The molecule has 0 aliphatic carbocycles. The molecule has 0 aliphatic rings. The van der Waals surface area contributed by atoms with Crippen LogP contribution in [0.4, 0.5) is 0 Å². The van der Waals surface area contributed by atoms with Gasteiger partial charge in [-0.2, -0.15) is 4.98 Å². The lowest BCUT2D eigenvalue weighted by Crippen LogP contribution is -2.32. The van der Waals surface area contributed by atoms with Crippen LogP contribution < -0.4 is 5.32 Å². The van der Waals surface area contributed by atoms with Crippen molar-refractivity contribution in [3.05, 3.63) is 59.7 Å². The molecule has 3 aromatic rings. The van der Waals surface area contributed by atoms with Gasteiger partial charge in [0, 0.05) is 5.56 Å². The Bertz CT molecular complexity index is 834. The van der Waals surface area contributed by atoms with Gasteiger partial charge in [0.25, 0.3) is 5.91 Å². The van der Waals surface area contributed by atoms with Gasteiger partial charge in [-0.1, -0.05) is 55.4 Å². The zero-order valence-corrected chi connectivity index (χ0v) is 13.4. The lowest BCUT2D eigenvalue weighted by atomic mass is 10.0. The highest BCUT2D eigenvalue weighted by Crippen LogP contribution is 2.23. The van der Waals surface area contributed by atoms with Gasteiger partial charge in [0.05, 0.1) is 0 Å². The van der Waals surface area contributed by atoms with Crippen molar-refractivity contribution in [2.45, 2.75) is 26.8 Å². The van der Waals surface area contributed by atoms with E-state index in [0.29, 0.717) is 17.3 Å². The number of carbonyl (C=O) groups is 1. The number of nitrogens with zero attached hydrogens (tertiary/aromatic N) is 2. The lowest BCUT2D eigenvalue weighted by Gasteiger charge is -2.19. The number of benzene rings is 2. The van der Waals surface area contributed by atoms with Crippen LogP contribution in [0.25, 0.3) is 10.8 Å². The molecule has 3 rings (SSSR count). The normalized spacial score (nSPS) is 12.5. The number of nitrogens with one attached hydrogen (secondary N) is 1. The van der Waals surface area contributed by atoms with Crippen molar-refractivity contribution in [3.8, 4) is 0 Å². The minimum Gasteiger partial charge on any atom is -0.340 e. The first kappa shape index (κ1) is 15.2. The molecule has 1 N–H and O–H groups in total. The molecule has 0 unspecified atom stereocenters. The Kier molecular flexibility index (Phi) is 4.10. The van der Waals surface area contributed by atoms with Crippen molar-refractivity contribution in [1.29, 1.82) is 0 Å². The van der Waals surface area contributed by atoms with Crippen LogP contribution in [0.1, 0.15) is 42.0 Å². The number of carbonyl (C=O) groups excluding carboxylic acids is 1.